The van der Waals surface area contributed by atoms with Gasteiger partial charge in [-0.2, -0.15) is 0 Å². The smallest absolute Gasteiger partial charge is 0.155 e. The summed E-state index contributed by atoms with van der Waals surface area (Å²) in [6.07, 6.45) is 6.32. The summed E-state index contributed by atoms with van der Waals surface area (Å²) in [6, 6.07) is 9.45. The van der Waals surface area contributed by atoms with Gasteiger partial charge in [0.15, 0.2) is 5.60 Å². The van der Waals surface area contributed by atoms with Crippen LogP contribution < -0.4 is 0 Å². The highest BCUT2D eigenvalue weighted by atomic mass is 16.3. The molecule has 0 aliphatic carbocycles. The highest BCUT2D eigenvalue weighted by Crippen LogP contribution is 2.41. The van der Waals surface area contributed by atoms with E-state index in [0.717, 1.165) is 12.0 Å². The number of terminal acetylenes is 1. The van der Waals surface area contributed by atoms with Gasteiger partial charge in [0.25, 0.3) is 0 Å². The lowest BCUT2D eigenvalue weighted by atomic mass is 9.70. The first-order valence-electron chi connectivity index (χ1n) is 5.23. The van der Waals surface area contributed by atoms with Crippen LogP contribution >= 0.6 is 0 Å². The van der Waals surface area contributed by atoms with Gasteiger partial charge in [-0.3, -0.25) is 0 Å². The molecule has 0 heterocycles. The maximum absolute atomic E-state index is 10.6. The van der Waals surface area contributed by atoms with E-state index in [1.807, 2.05) is 51.1 Å². The molecule has 1 N–H and O–H groups in total. The summed E-state index contributed by atoms with van der Waals surface area (Å²) >= 11 is 0. The third kappa shape index (κ3) is 1.91. The molecule has 0 radical (unpaired) electrons. The molecular formula is C14H18O. The number of hydrogen-bond donors (Lipinski definition) is 1. The zero-order valence-corrected chi connectivity index (χ0v) is 9.62. The summed E-state index contributed by atoms with van der Waals surface area (Å²) in [5.74, 6) is 2.54. The van der Waals surface area contributed by atoms with Gasteiger partial charge in [-0.15, -0.1) is 6.42 Å². The largest absolute Gasteiger partial charge is 0.373 e. The van der Waals surface area contributed by atoms with E-state index >= 15 is 0 Å². The van der Waals surface area contributed by atoms with Crippen molar-refractivity contribution in [1.29, 1.82) is 0 Å². The van der Waals surface area contributed by atoms with Gasteiger partial charge < -0.3 is 5.11 Å². The SMILES string of the molecule is C#CC(O)(c1ccccc1)C(C)(C)CC. The van der Waals surface area contributed by atoms with Crippen molar-refractivity contribution in [3.05, 3.63) is 35.9 Å². The van der Waals surface area contributed by atoms with Gasteiger partial charge >= 0.3 is 0 Å². The Morgan fingerprint density at radius 1 is 1.27 bits per heavy atom. The van der Waals surface area contributed by atoms with Gasteiger partial charge in [0, 0.05) is 5.41 Å². The second-order valence-electron chi connectivity index (χ2n) is 4.46. The van der Waals surface area contributed by atoms with Crippen LogP contribution in [0, 0.1) is 17.8 Å². The molecule has 1 unspecified atom stereocenters. The van der Waals surface area contributed by atoms with Gasteiger partial charge in [0.1, 0.15) is 0 Å². The fourth-order valence-corrected chi connectivity index (χ4v) is 1.60. The second kappa shape index (κ2) is 4.08. The van der Waals surface area contributed by atoms with E-state index in [0.29, 0.717) is 0 Å². The molecule has 0 spiro atoms. The van der Waals surface area contributed by atoms with Crippen molar-refractivity contribution in [2.45, 2.75) is 32.8 Å². The van der Waals surface area contributed by atoms with E-state index < -0.39 is 5.60 Å². The molecule has 1 atom stereocenters. The fourth-order valence-electron chi connectivity index (χ4n) is 1.60. The Labute approximate surface area is 92.1 Å². The first kappa shape index (κ1) is 11.8. The van der Waals surface area contributed by atoms with Crippen LogP contribution in [0.1, 0.15) is 32.8 Å². The molecule has 1 nitrogen and oxygen atoms in total. The van der Waals surface area contributed by atoms with Crippen LogP contribution in [-0.4, -0.2) is 5.11 Å². The van der Waals surface area contributed by atoms with E-state index in [4.69, 9.17) is 6.42 Å². The molecule has 1 heteroatoms. The van der Waals surface area contributed by atoms with E-state index in [1.165, 1.54) is 0 Å². The Morgan fingerprint density at radius 2 is 1.80 bits per heavy atom. The summed E-state index contributed by atoms with van der Waals surface area (Å²) in [7, 11) is 0. The quantitative estimate of drug-likeness (QED) is 0.747. The molecule has 0 saturated heterocycles. The van der Waals surface area contributed by atoms with Crippen LogP contribution in [-0.2, 0) is 5.60 Å². The van der Waals surface area contributed by atoms with Crippen molar-refractivity contribution in [2.75, 3.05) is 0 Å². The van der Waals surface area contributed by atoms with Crippen LogP contribution in [0.4, 0.5) is 0 Å². The summed E-state index contributed by atoms with van der Waals surface area (Å²) in [5.41, 5.74) is -0.731. The predicted molar refractivity (Wildman–Crippen MR) is 63.2 cm³/mol. The summed E-state index contributed by atoms with van der Waals surface area (Å²) in [4.78, 5) is 0. The molecule has 0 saturated carbocycles. The lowest BCUT2D eigenvalue weighted by Gasteiger charge is -2.38. The number of benzene rings is 1. The first-order chi connectivity index (χ1) is 6.98. The monoisotopic (exact) mass is 202 g/mol. The predicted octanol–water partition coefficient (Wildman–Crippen LogP) is 2.94. The Hall–Kier alpha value is -1.26. The molecular weight excluding hydrogens is 184 g/mol. The summed E-state index contributed by atoms with van der Waals surface area (Å²) < 4.78 is 0. The lowest BCUT2D eigenvalue weighted by Crippen LogP contribution is -2.40. The van der Waals surface area contributed by atoms with Crippen molar-refractivity contribution in [3.8, 4) is 12.3 Å². The second-order valence-corrected chi connectivity index (χ2v) is 4.46. The van der Waals surface area contributed by atoms with Gasteiger partial charge in [0.05, 0.1) is 0 Å². The third-order valence-corrected chi connectivity index (χ3v) is 3.26. The molecule has 1 aromatic rings. The van der Waals surface area contributed by atoms with E-state index in [9.17, 15) is 5.11 Å². The topological polar surface area (TPSA) is 20.2 Å². The molecule has 0 amide bonds. The molecule has 1 aromatic carbocycles. The van der Waals surface area contributed by atoms with E-state index in [1.54, 1.807) is 0 Å². The Morgan fingerprint density at radius 3 is 2.20 bits per heavy atom. The zero-order chi connectivity index (χ0) is 11.5. The Balaban J connectivity index is 3.25. The van der Waals surface area contributed by atoms with Crippen molar-refractivity contribution >= 4 is 0 Å². The maximum atomic E-state index is 10.6. The highest BCUT2D eigenvalue weighted by Gasteiger charge is 2.42. The molecule has 0 bridgehead atoms. The molecule has 15 heavy (non-hydrogen) atoms. The average Bonchev–Trinajstić information content (AvgIpc) is 2.29. The van der Waals surface area contributed by atoms with Gasteiger partial charge in [0.2, 0.25) is 0 Å². The minimum atomic E-state index is -1.19. The van der Waals surface area contributed by atoms with Crippen LogP contribution in [0.15, 0.2) is 30.3 Å². The van der Waals surface area contributed by atoms with E-state index in [2.05, 4.69) is 5.92 Å². The average molecular weight is 202 g/mol. The van der Waals surface area contributed by atoms with Gasteiger partial charge in [-0.05, 0) is 12.0 Å². The highest BCUT2D eigenvalue weighted by molar-refractivity contribution is 5.33. The summed E-state index contributed by atoms with van der Waals surface area (Å²) in [5, 5.41) is 10.6. The number of hydrogen-bond acceptors (Lipinski definition) is 1. The van der Waals surface area contributed by atoms with Crippen LogP contribution in [0.2, 0.25) is 0 Å². The number of aliphatic hydroxyl groups is 1. The molecule has 0 aliphatic rings. The molecule has 0 aliphatic heterocycles. The number of rotatable bonds is 3. The van der Waals surface area contributed by atoms with Gasteiger partial charge in [-0.1, -0.05) is 57.0 Å². The summed E-state index contributed by atoms with van der Waals surface area (Å²) in [6.45, 7) is 6.00. The van der Waals surface area contributed by atoms with Crippen molar-refractivity contribution in [2.24, 2.45) is 5.41 Å². The minimum Gasteiger partial charge on any atom is -0.373 e. The fraction of sp³-hybridized carbons (Fsp3) is 0.429. The lowest BCUT2D eigenvalue weighted by molar-refractivity contribution is -0.0225. The third-order valence-electron chi connectivity index (χ3n) is 3.26. The zero-order valence-electron chi connectivity index (χ0n) is 9.62. The van der Waals surface area contributed by atoms with Crippen LogP contribution in [0.5, 0.6) is 0 Å². The van der Waals surface area contributed by atoms with Crippen molar-refractivity contribution < 1.29 is 5.11 Å². The molecule has 0 fully saturated rings. The normalized spacial score (nSPS) is 15.4. The Kier molecular flexibility index (Phi) is 3.21. The van der Waals surface area contributed by atoms with Crippen molar-refractivity contribution in [1.82, 2.24) is 0 Å². The molecule has 0 aromatic heterocycles. The Bertz CT molecular complexity index is 359. The van der Waals surface area contributed by atoms with E-state index in [-0.39, 0.29) is 5.41 Å². The van der Waals surface area contributed by atoms with Crippen molar-refractivity contribution in [3.63, 3.8) is 0 Å². The molecule has 1 rings (SSSR count). The van der Waals surface area contributed by atoms with Crippen LogP contribution in [0.25, 0.3) is 0 Å². The molecule has 80 valence electrons. The standard InChI is InChI=1S/C14H18O/c1-5-13(3,4)14(15,6-2)12-10-8-7-9-11-12/h2,7-11,15H,5H2,1,3-4H3. The maximum Gasteiger partial charge on any atom is 0.155 e. The minimum absolute atomic E-state index is 0.330. The first-order valence-corrected chi connectivity index (χ1v) is 5.23. The van der Waals surface area contributed by atoms with Crippen LogP contribution in [0.3, 0.4) is 0 Å². The van der Waals surface area contributed by atoms with Gasteiger partial charge in [-0.25, -0.2) is 0 Å².